The normalized spacial score (nSPS) is 23.2. The summed E-state index contributed by atoms with van der Waals surface area (Å²) in [6.07, 6.45) is 3.97. The number of aryl methyl sites for hydroxylation is 1. The molecule has 0 aliphatic carbocycles. The second-order valence-electron chi connectivity index (χ2n) is 5.72. The highest BCUT2D eigenvalue weighted by Crippen LogP contribution is 2.30. The minimum Gasteiger partial charge on any atom is -0.336 e. The molecule has 1 aromatic rings. The topological polar surface area (TPSA) is 143 Å². The van der Waals surface area contributed by atoms with Crippen molar-refractivity contribution in [3.8, 4) is 0 Å². The Hall–Kier alpha value is -2.22. The monoisotopic (exact) mass is 375 g/mol. The largest absolute Gasteiger partial charge is 0.418 e. The van der Waals surface area contributed by atoms with Crippen LogP contribution in [0.15, 0.2) is 12.4 Å². The number of carbonyl (C=O) groups excluding carboxylic acids is 2. The standard InChI is InChI=1S/C12H17N5O7S/c1-15-5-4-13-10(15)7-23-14-11(18)9-3-2-8-6-16(9)12(19)17(8)24-25(20,21)22/h4-5,8-9H,2-3,6-7H2,1H3,(H,14,18)(H,20,21,22)/t8?,9-/m0/s1. The molecule has 2 aliphatic rings. The van der Waals surface area contributed by atoms with Crippen molar-refractivity contribution in [2.75, 3.05) is 6.54 Å². The molecule has 2 aliphatic heterocycles. The van der Waals surface area contributed by atoms with Crippen LogP contribution in [0.25, 0.3) is 0 Å². The molecule has 0 radical (unpaired) electrons. The third-order valence-corrected chi connectivity index (χ3v) is 4.44. The quantitative estimate of drug-likeness (QED) is 0.475. The SMILES string of the molecule is Cn1ccnc1CONC(=O)[C@@H]1CCC2CN1C(=O)N2OS(=O)(=O)O. The van der Waals surface area contributed by atoms with Gasteiger partial charge < -0.3 is 9.47 Å². The third kappa shape index (κ3) is 3.73. The number of nitrogens with zero attached hydrogens (tertiary/aromatic N) is 4. The highest BCUT2D eigenvalue weighted by atomic mass is 32.3. The number of imidazole rings is 1. The number of hydroxylamine groups is 3. The molecule has 2 fully saturated rings. The molecule has 13 heteroatoms. The average Bonchev–Trinajstić information content (AvgIpc) is 3.04. The van der Waals surface area contributed by atoms with Gasteiger partial charge in [-0.15, -0.1) is 4.28 Å². The number of fused-ring (bicyclic) bond motifs is 2. The lowest BCUT2D eigenvalue weighted by atomic mass is 10.0. The van der Waals surface area contributed by atoms with Crippen LogP contribution < -0.4 is 5.48 Å². The first-order valence-electron chi connectivity index (χ1n) is 7.41. The Morgan fingerprint density at radius 2 is 2.24 bits per heavy atom. The van der Waals surface area contributed by atoms with Crippen molar-refractivity contribution in [2.45, 2.75) is 31.5 Å². The molecule has 3 amide bonds. The van der Waals surface area contributed by atoms with E-state index in [-0.39, 0.29) is 13.2 Å². The second-order valence-corrected chi connectivity index (χ2v) is 6.72. The highest BCUT2D eigenvalue weighted by Gasteiger charge is 2.49. The predicted molar refractivity (Wildman–Crippen MR) is 79.5 cm³/mol. The maximum absolute atomic E-state index is 12.3. The minimum atomic E-state index is -4.82. The van der Waals surface area contributed by atoms with E-state index in [2.05, 4.69) is 14.7 Å². The summed E-state index contributed by atoms with van der Waals surface area (Å²) in [4.78, 5) is 34.8. The first-order valence-corrected chi connectivity index (χ1v) is 8.77. The van der Waals surface area contributed by atoms with Gasteiger partial charge >= 0.3 is 16.4 Å². The van der Waals surface area contributed by atoms with Crippen LogP contribution in [0.1, 0.15) is 18.7 Å². The molecule has 3 rings (SSSR count). The summed E-state index contributed by atoms with van der Waals surface area (Å²) >= 11 is 0. The van der Waals surface area contributed by atoms with E-state index in [0.717, 1.165) is 0 Å². The van der Waals surface area contributed by atoms with Gasteiger partial charge in [-0.3, -0.25) is 14.2 Å². The molecule has 0 saturated carbocycles. The summed E-state index contributed by atoms with van der Waals surface area (Å²) < 4.78 is 36.4. The van der Waals surface area contributed by atoms with Gasteiger partial charge in [-0.1, -0.05) is 0 Å². The van der Waals surface area contributed by atoms with E-state index in [9.17, 15) is 18.0 Å². The van der Waals surface area contributed by atoms with Crippen LogP contribution >= 0.6 is 0 Å². The van der Waals surface area contributed by atoms with Crippen molar-refractivity contribution in [1.82, 2.24) is 25.0 Å². The lowest BCUT2D eigenvalue weighted by Crippen LogP contribution is -2.49. The minimum absolute atomic E-state index is 0.0521. The molecule has 0 spiro atoms. The third-order valence-electron chi connectivity index (χ3n) is 4.10. The number of rotatable bonds is 6. The maximum atomic E-state index is 12.3. The van der Waals surface area contributed by atoms with Crippen molar-refractivity contribution >= 4 is 22.3 Å². The van der Waals surface area contributed by atoms with Gasteiger partial charge in [-0.2, -0.15) is 13.5 Å². The van der Waals surface area contributed by atoms with Gasteiger partial charge in [0.2, 0.25) is 0 Å². The van der Waals surface area contributed by atoms with Gasteiger partial charge in [-0.05, 0) is 12.8 Å². The number of hydrogen-bond acceptors (Lipinski definition) is 7. The van der Waals surface area contributed by atoms with Gasteiger partial charge in [0.05, 0.1) is 6.04 Å². The molecule has 1 aromatic heterocycles. The number of piperidine rings is 1. The average molecular weight is 375 g/mol. The smallest absolute Gasteiger partial charge is 0.336 e. The lowest BCUT2D eigenvalue weighted by Gasteiger charge is -2.28. The lowest BCUT2D eigenvalue weighted by molar-refractivity contribution is -0.140. The van der Waals surface area contributed by atoms with Crippen molar-refractivity contribution in [3.63, 3.8) is 0 Å². The van der Waals surface area contributed by atoms with Gasteiger partial charge in [0.25, 0.3) is 5.91 Å². The first kappa shape index (κ1) is 17.6. The van der Waals surface area contributed by atoms with Crippen LogP contribution in [0, 0.1) is 0 Å². The molecule has 2 atom stereocenters. The fourth-order valence-electron chi connectivity index (χ4n) is 2.88. The number of hydrogen-bond donors (Lipinski definition) is 2. The van der Waals surface area contributed by atoms with Crippen LogP contribution in [0.2, 0.25) is 0 Å². The molecule has 0 aromatic carbocycles. The van der Waals surface area contributed by atoms with Crippen LogP contribution in [0.5, 0.6) is 0 Å². The van der Waals surface area contributed by atoms with E-state index in [1.807, 2.05) is 0 Å². The maximum Gasteiger partial charge on any atom is 0.418 e. The second kappa shape index (κ2) is 6.59. The Balaban J connectivity index is 1.58. The van der Waals surface area contributed by atoms with Crippen LogP contribution in [0.3, 0.4) is 0 Å². The molecule has 2 bridgehead atoms. The van der Waals surface area contributed by atoms with E-state index in [1.165, 1.54) is 4.90 Å². The highest BCUT2D eigenvalue weighted by molar-refractivity contribution is 7.80. The number of aromatic nitrogens is 2. The van der Waals surface area contributed by atoms with Gasteiger partial charge in [0.1, 0.15) is 18.5 Å². The Morgan fingerprint density at radius 3 is 2.88 bits per heavy atom. The zero-order chi connectivity index (χ0) is 18.2. The Morgan fingerprint density at radius 1 is 1.48 bits per heavy atom. The van der Waals surface area contributed by atoms with Crippen LogP contribution in [-0.2, 0) is 38.0 Å². The number of urea groups is 1. The van der Waals surface area contributed by atoms with Crippen LogP contribution in [0.4, 0.5) is 4.79 Å². The molecule has 12 nitrogen and oxygen atoms in total. The van der Waals surface area contributed by atoms with Crippen molar-refractivity contribution < 1.29 is 31.7 Å². The fourth-order valence-corrected chi connectivity index (χ4v) is 3.27. The zero-order valence-corrected chi connectivity index (χ0v) is 14.0. The van der Waals surface area contributed by atoms with Crippen molar-refractivity contribution in [1.29, 1.82) is 0 Å². The summed E-state index contributed by atoms with van der Waals surface area (Å²) in [6.45, 7) is 0.169. The van der Waals surface area contributed by atoms with E-state index >= 15 is 0 Å². The Labute approximate surface area is 143 Å². The molecule has 25 heavy (non-hydrogen) atoms. The Bertz CT molecular complexity index is 779. The first-order chi connectivity index (χ1) is 11.8. The fraction of sp³-hybridized carbons (Fsp3) is 0.583. The predicted octanol–water partition coefficient (Wildman–Crippen LogP) is -1.03. The van der Waals surface area contributed by atoms with Crippen molar-refractivity contribution in [3.05, 3.63) is 18.2 Å². The van der Waals surface area contributed by atoms with E-state index in [4.69, 9.17) is 9.39 Å². The van der Waals surface area contributed by atoms with E-state index < -0.39 is 34.4 Å². The molecule has 2 N–H and O–H groups in total. The summed E-state index contributed by atoms with van der Waals surface area (Å²) in [7, 11) is -3.04. The molecule has 3 heterocycles. The zero-order valence-electron chi connectivity index (χ0n) is 13.2. The van der Waals surface area contributed by atoms with Crippen LogP contribution in [-0.4, -0.2) is 63.1 Å². The molecule has 138 valence electrons. The number of carbonyl (C=O) groups is 2. The molecular formula is C12H17N5O7S. The van der Waals surface area contributed by atoms with E-state index in [0.29, 0.717) is 23.7 Å². The van der Waals surface area contributed by atoms with Crippen molar-refractivity contribution in [2.24, 2.45) is 7.05 Å². The number of amides is 3. The van der Waals surface area contributed by atoms with Gasteiger partial charge in [-0.25, -0.2) is 15.3 Å². The molecule has 1 unspecified atom stereocenters. The summed E-state index contributed by atoms with van der Waals surface area (Å²) in [6, 6.07) is -2.17. The summed E-state index contributed by atoms with van der Waals surface area (Å²) in [5, 5.41) is 0.581. The summed E-state index contributed by atoms with van der Waals surface area (Å²) in [5.41, 5.74) is 2.27. The Kier molecular flexibility index (Phi) is 4.64. The van der Waals surface area contributed by atoms with Gasteiger partial charge in [0.15, 0.2) is 0 Å². The number of nitrogens with one attached hydrogen (secondary N) is 1. The van der Waals surface area contributed by atoms with Gasteiger partial charge in [0, 0.05) is 26.0 Å². The molecule has 2 saturated heterocycles. The summed E-state index contributed by atoms with van der Waals surface area (Å²) in [5.74, 6) is 0.0729. The molecular weight excluding hydrogens is 358 g/mol. The van der Waals surface area contributed by atoms with E-state index in [1.54, 1.807) is 24.0 Å².